The van der Waals surface area contributed by atoms with Gasteiger partial charge >= 0.3 is 0 Å². The summed E-state index contributed by atoms with van der Waals surface area (Å²) in [6.45, 7) is 6.35. The first kappa shape index (κ1) is 14.3. The van der Waals surface area contributed by atoms with Gasteiger partial charge in [0.05, 0.1) is 12.1 Å². The first-order chi connectivity index (χ1) is 9.89. The van der Waals surface area contributed by atoms with Crippen molar-refractivity contribution in [1.29, 1.82) is 0 Å². The molecule has 2 nitrogen and oxygen atoms in total. The smallest absolute Gasteiger partial charge is 0.128 e. The largest absolute Gasteiger partial charge is 0.388 e. The van der Waals surface area contributed by atoms with Crippen molar-refractivity contribution in [1.82, 2.24) is 4.57 Å². The van der Waals surface area contributed by atoms with E-state index in [2.05, 4.69) is 18.4 Å². The van der Waals surface area contributed by atoms with Crippen molar-refractivity contribution in [3.63, 3.8) is 0 Å². The van der Waals surface area contributed by atoms with E-state index in [1.54, 1.807) is 6.07 Å². The molecule has 0 spiro atoms. The van der Waals surface area contributed by atoms with Crippen LogP contribution in [0.1, 0.15) is 56.2 Å². The van der Waals surface area contributed by atoms with Crippen LogP contribution in [0.3, 0.4) is 0 Å². The number of rotatable bonds is 2. The minimum atomic E-state index is -0.419. The Morgan fingerprint density at radius 2 is 2.00 bits per heavy atom. The molecule has 3 heteroatoms. The Kier molecular flexibility index (Phi) is 3.40. The molecule has 0 saturated carbocycles. The predicted octanol–water partition coefficient (Wildman–Crippen LogP) is 4.24. The third kappa shape index (κ3) is 2.51. The Morgan fingerprint density at radius 1 is 1.29 bits per heavy atom. The van der Waals surface area contributed by atoms with Crippen LogP contribution in [0.5, 0.6) is 0 Å². The van der Waals surface area contributed by atoms with E-state index < -0.39 is 6.10 Å². The molecule has 2 atom stereocenters. The Hall–Kier alpha value is -1.61. The summed E-state index contributed by atoms with van der Waals surface area (Å²) in [6.07, 6.45) is 3.24. The summed E-state index contributed by atoms with van der Waals surface area (Å²) >= 11 is 0. The van der Waals surface area contributed by atoms with Crippen LogP contribution in [0.15, 0.2) is 36.5 Å². The van der Waals surface area contributed by atoms with E-state index in [1.165, 1.54) is 6.07 Å². The van der Waals surface area contributed by atoms with Crippen LogP contribution in [-0.2, 0) is 6.42 Å². The van der Waals surface area contributed by atoms with Gasteiger partial charge in [-0.05, 0) is 37.3 Å². The number of benzene rings is 1. The average molecular weight is 287 g/mol. The maximum Gasteiger partial charge on any atom is 0.128 e. The summed E-state index contributed by atoms with van der Waals surface area (Å²) < 4.78 is 16.1. The van der Waals surface area contributed by atoms with Crippen molar-refractivity contribution >= 4 is 0 Å². The second-order valence-corrected chi connectivity index (χ2v) is 6.88. The van der Waals surface area contributed by atoms with Gasteiger partial charge in [0.15, 0.2) is 0 Å². The van der Waals surface area contributed by atoms with E-state index in [9.17, 15) is 9.50 Å². The van der Waals surface area contributed by atoms with Crippen molar-refractivity contribution in [2.75, 3.05) is 0 Å². The predicted molar refractivity (Wildman–Crippen MR) is 81.7 cm³/mol. The summed E-state index contributed by atoms with van der Waals surface area (Å²) in [7, 11) is 0. The standard InChI is InChI=1S/C18H22FNO/c1-12(13-6-4-5-7-15(13)19)20-9-8-14-16(20)10-18(2,3)11-17(14)21/h4-9,12,17,21H,10-11H2,1-3H3. The van der Waals surface area contributed by atoms with Gasteiger partial charge in [-0.3, -0.25) is 0 Å². The van der Waals surface area contributed by atoms with Crippen LogP contribution in [0.25, 0.3) is 0 Å². The van der Waals surface area contributed by atoms with Crippen molar-refractivity contribution in [3.05, 3.63) is 59.2 Å². The molecule has 2 unspecified atom stereocenters. The summed E-state index contributed by atoms with van der Waals surface area (Å²) in [5.74, 6) is -0.178. The highest BCUT2D eigenvalue weighted by Gasteiger charge is 2.34. The van der Waals surface area contributed by atoms with Gasteiger partial charge in [-0.25, -0.2) is 4.39 Å². The normalized spacial score (nSPS) is 21.9. The Morgan fingerprint density at radius 3 is 2.71 bits per heavy atom. The molecule has 112 valence electrons. The number of aromatic nitrogens is 1. The van der Waals surface area contributed by atoms with E-state index in [-0.39, 0.29) is 17.3 Å². The molecule has 0 aliphatic heterocycles. The zero-order chi connectivity index (χ0) is 15.2. The van der Waals surface area contributed by atoms with E-state index in [1.807, 2.05) is 31.3 Å². The fourth-order valence-electron chi connectivity index (χ4n) is 3.48. The third-order valence-corrected chi connectivity index (χ3v) is 4.58. The number of nitrogens with zero attached hydrogens (tertiary/aromatic N) is 1. The molecule has 21 heavy (non-hydrogen) atoms. The first-order valence-corrected chi connectivity index (χ1v) is 7.51. The second-order valence-electron chi connectivity index (χ2n) is 6.88. The van der Waals surface area contributed by atoms with Gasteiger partial charge in [0.1, 0.15) is 5.82 Å². The van der Waals surface area contributed by atoms with Gasteiger partial charge in [-0.15, -0.1) is 0 Å². The fourth-order valence-corrected chi connectivity index (χ4v) is 3.48. The highest BCUT2D eigenvalue weighted by Crippen LogP contribution is 2.42. The summed E-state index contributed by atoms with van der Waals surface area (Å²) in [6, 6.07) is 8.81. The molecule has 1 aliphatic carbocycles. The minimum Gasteiger partial charge on any atom is -0.388 e. The van der Waals surface area contributed by atoms with Crippen molar-refractivity contribution in [2.24, 2.45) is 5.41 Å². The van der Waals surface area contributed by atoms with E-state index in [0.717, 1.165) is 24.1 Å². The summed E-state index contributed by atoms with van der Waals surface area (Å²) in [5, 5.41) is 10.3. The second kappa shape index (κ2) is 4.99. The molecule has 0 fully saturated rings. The maximum absolute atomic E-state index is 14.0. The monoisotopic (exact) mass is 287 g/mol. The van der Waals surface area contributed by atoms with Crippen LogP contribution in [0.4, 0.5) is 4.39 Å². The van der Waals surface area contributed by atoms with Crippen molar-refractivity contribution in [3.8, 4) is 0 Å². The average Bonchev–Trinajstić information content (AvgIpc) is 2.81. The third-order valence-electron chi connectivity index (χ3n) is 4.58. The van der Waals surface area contributed by atoms with Crippen molar-refractivity contribution in [2.45, 2.75) is 45.8 Å². The number of halogens is 1. The lowest BCUT2D eigenvalue weighted by molar-refractivity contribution is 0.0977. The van der Waals surface area contributed by atoms with E-state index in [0.29, 0.717) is 5.56 Å². The molecule has 1 heterocycles. The van der Waals surface area contributed by atoms with Crippen LogP contribution in [0, 0.1) is 11.2 Å². The fraction of sp³-hybridized carbons (Fsp3) is 0.444. The number of aliphatic hydroxyl groups excluding tert-OH is 1. The first-order valence-electron chi connectivity index (χ1n) is 7.51. The quantitative estimate of drug-likeness (QED) is 0.878. The number of hydrogen-bond acceptors (Lipinski definition) is 1. The number of fused-ring (bicyclic) bond motifs is 1. The zero-order valence-corrected chi connectivity index (χ0v) is 12.8. The molecular weight excluding hydrogens is 265 g/mol. The minimum absolute atomic E-state index is 0.0669. The van der Waals surface area contributed by atoms with Crippen LogP contribution in [-0.4, -0.2) is 9.67 Å². The highest BCUT2D eigenvalue weighted by molar-refractivity contribution is 5.32. The lowest BCUT2D eigenvalue weighted by Gasteiger charge is -2.34. The zero-order valence-electron chi connectivity index (χ0n) is 12.8. The van der Waals surface area contributed by atoms with Crippen LogP contribution in [0.2, 0.25) is 0 Å². The molecule has 1 aromatic heterocycles. The van der Waals surface area contributed by atoms with Crippen molar-refractivity contribution < 1.29 is 9.50 Å². The SMILES string of the molecule is CC(c1ccccc1F)n1ccc2c1CC(C)(C)CC2O. The highest BCUT2D eigenvalue weighted by atomic mass is 19.1. The van der Waals surface area contributed by atoms with Crippen LogP contribution >= 0.6 is 0 Å². The maximum atomic E-state index is 14.0. The van der Waals surface area contributed by atoms with Gasteiger partial charge < -0.3 is 9.67 Å². The lowest BCUT2D eigenvalue weighted by Crippen LogP contribution is -2.27. The molecule has 1 N–H and O–H groups in total. The number of aliphatic hydroxyl groups is 1. The molecule has 0 bridgehead atoms. The topological polar surface area (TPSA) is 25.2 Å². The van der Waals surface area contributed by atoms with Crippen LogP contribution < -0.4 is 0 Å². The Bertz CT molecular complexity index is 659. The van der Waals surface area contributed by atoms with Gasteiger partial charge in [0.2, 0.25) is 0 Å². The molecule has 1 aliphatic rings. The molecule has 1 aromatic carbocycles. The molecule has 0 radical (unpaired) electrons. The summed E-state index contributed by atoms with van der Waals surface area (Å²) in [5.41, 5.74) is 2.89. The molecule has 3 rings (SSSR count). The van der Waals surface area contributed by atoms with Gasteiger partial charge in [0.25, 0.3) is 0 Å². The van der Waals surface area contributed by atoms with E-state index in [4.69, 9.17) is 0 Å². The van der Waals surface area contributed by atoms with Gasteiger partial charge in [-0.1, -0.05) is 32.0 Å². The molecule has 0 saturated heterocycles. The molecule has 2 aromatic rings. The molecular formula is C18H22FNO. The lowest BCUT2D eigenvalue weighted by atomic mass is 9.75. The van der Waals surface area contributed by atoms with Gasteiger partial charge in [0, 0.05) is 23.0 Å². The Balaban J connectivity index is 2.04. The number of hydrogen-bond donors (Lipinski definition) is 1. The van der Waals surface area contributed by atoms with Gasteiger partial charge in [-0.2, -0.15) is 0 Å². The molecule has 0 amide bonds. The Labute approximate surface area is 125 Å². The van der Waals surface area contributed by atoms with E-state index >= 15 is 0 Å². The summed E-state index contributed by atoms with van der Waals surface area (Å²) in [4.78, 5) is 0.